The number of carbonyl (C=O) groups excluding carboxylic acids is 1. The van der Waals surface area contributed by atoms with Crippen LogP contribution < -0.4 is 5.32 Å². The highest BCUT2D eigenvalue weighted by Crippen LogP contribution is 2.20. The van der Waals surface area contributed by atoms with Gasteiger partial charge in [-0.05, 0) is 25.1 Å². The Hall–Kier alpha value is -1.29. The first-order valence-electron chi connectivity index (χ1n) is 4.81. The van der Waals surface area contributed by atoms with Crippen LogP contribution in [-0.2, 0) is 9.53 Å². The fourth-order valence-electron chi connectivity index (χ4n) is 1.25. The molecule has 0 heterocycles. The number of hydrogen-bond donors (Lipinski definition) is 1. The normalized spacial score (nSPS) is 12.0. The molecule has 5 heteroatoms. The number of anilines is 1. The van der Waals surface area contributed by atoms with Crippen LogP contribution in [0.4, 0.5) is 10.1 Å². The van der Waals surface area contributed by atoms with Crippen LogP contribution in [0.15, 0.2) is 18.2 Å². The fourth-order valence-corrected chi connectivity index (χ4v) is 1.44. The molecule has 0 saturated heterocycles. The Morgan fingerprint density at radius 1 is 1.62 bits per heavy atom. The van der Waals surface area contributed by atoms with E-state index in [1.165, 1.54) is 19.2 Å². The van der Waals surface area contributed by atoms with Gasteiger partial charge >= 0.3 is 5.97 Å². The maximum atomic E-state index is 12.9. The molecule has 0 amide bonds. The second-order valence-electron chi connectivity index (χ2n) is 3.45. The number of rotatable bonds is 4. The fraction of sp³-hybridized carbons (Fsp3) is 0.364. The van der Waals surface area contributed by atoms with Gasteiger partial charge in [0.1, 0.15) is 5.82 Å². The topological polar surface area (TPSA) is 38.3 Å². The maximum Gasteiger partial charge on any atom is 0.307 e. The molecule has 0 radical (unpaired) electrons. The Balaban J connectivity index is 2.59. The highest BCUT2D eigenvalue weighted by Gasteiger charge is 2.09. The van der Waals surface area contributed by atoms with Crippen LogP contribution in [0.5, 0.6) is 0 Å². The summed E-state index contributed by atoms with van der Waals surface area (Å²) in [6.07, 6.45) is 0.242. The minimum atomic E-state index is -0.465. The number of esters is 1. The number of hydrogen-bond acceptors (Lipinski definition) is 3. The largest absolute Gasteiger partial charge is 0.469 e. The van der Waals surface area contributed by atoms with Crippen LogP contribution in [0.1, 0.15) is 13.3 Å². The third-order valence-electron chi connectivity index (χ3n) is 2.03. The molecule has 1 rings (SSSR count). The van der Waals surface area contributed by atoms with Crippen LogP contribution in [0.3, 0.4) is 0 Å². The van der Waals surface area contributed by atoms with Gasteiger partial charge in [-0.25, -0.2) is 4.39 Å². The summed E-state index contributed by atoms with van der Waals surface area (Å²) in [7, 11) is 1.34. The van der Waals surface area contributed by atoms with Crippen molar-refractivity contribution >= 4 is 23.3 Å². The second-order valence-corrected chi connectivity index (χ2v) is 3.86. The number of methoxy groups -OCH3 is 1. The molecule has 1 unspecified atom stereocenters. The molecule has 0 bridgehead atoms. The first kappa shape index (κ1) is 12.8. The van der Waals surface area contributed by atoms with Gasteiger partial charge in [0.25, 0.3) is 0 Å². The van der Waals surface area contributed by atoms with Crippen LogP contribution in [-0.4, -0.2) is 19.1 Å². The highest BCUT2D eigenvalue weighted by molar-refractivity contribution is 6.31. The molecule has 3 nitrogen and oxygen atoms in total. The van der Waals surface area contributed by atoms with E-state index in [-0.39, 0.29) is 23.5 Å². The lowest BCUT2D eigenvalue weighted by Crippen LogP contribution is -2.20. The van der Waals surface area contributed by atoms with Crippen molar-refractivity contribution < 1.29 is 13.9 Å². The molecule has 0 aliphatic rings. The van der Waals surface area contributed by atoms with Gasteiger partial charge in [-0.3, -0.25) is 4.79 Å². The van der Waals surface area contributed by atoms with E-state index in [1.807, 2.05) is 6.92 Å². The highest BCUT2D eigenvalue weighted by atomic mass is 35.5. The lowest BCUT2D eigenvalue weighted by Gasteiger charge is -2.14. The molecule has 1 N–H and O–H groups in total. The van der Waals surface area contributed by atoms with Gasteiger partial charge in [-0.15, -0.1) is 0 Å². The third kappa shape index (κ3) is 3.70. The maximum absolute atomic E-state index is 12.9. The van der Waals surface area contributed by atoms with Gasteiger partial charge in [0.2, 0.25) is 0 Å². The molecule has 0 saturated carbocycles. The molecule has 0 spiro atoms. The number of carbonyl (C=O) groups is 1. The summed E-state index contributed by atoms with van der Waals surface area (Å²) in [5.41, 5.74) is 0.669. The van der Waals surface area contributed by atoms with Gasteiger partial charge < -0.3 is 10.1 Å². The van der Waals surface area contributed by atoms with Crippen molar-refractivity contribution in [2.45, 2.75) is 19.4 Å². The van der Waals surface area contributed by atoms with Crippen LogP contribution in [0.2, 0.25) is 5.02 Å². The lowest BCUT2D eigenvalue weighted by atomic mass is 10.2. The molecule has 1 aromatic carbocycles. The van der Waals surface area contributed by atoms with Crippen molar-refractivity contribution in [3.05, 3.63) is 29.0 Å². The van der Waals surface area contributed by atoms with E-state index in [0.29, 0.717) is 5.69 Å². The molecule has 0 aromatic heterocycles. The number of benzene rings is 1. The predicted octanol–water partition coefficient (Wildman–Crippen LogP) is 2.84. The van der Waals surface area contributed by atoms with Gasteiger partial charge in [0.15, 0.2) is 0 Å². The van der Waals surface area contributed by atoms with Crippen molar-refractivity contribution in [1.29, 1.82) is 0 Å². The zero-order chi connectivity index (χ0) is 12.1. The number of nitrogens with one attached hydrogen (secondary N) is 1. The van der Waals surface area contributed by atoms with Crippen LogP contribution >= 0.6 is 11.6 Å². The van der Waals surface area contributed by atoms with Gasteiger partial charge in [0.05, 0.1) is 18.6 Å². The van der Waals surface area contributed by atoms with E-state index in [0.717, 1.165) is 0 Å². The molecule has 88 valence electrons. The zero-order valence-electron chi connectivity index (χ0n) is 9.09. The van der Waals surface area contributed by atoms with Crippen molar-refractivity contribution in [3.63, 3.8) is 0 Å². The number of halogens is 2. The predicted molar refractivity (Wildman–Crippen MR) is 61.1 cm³/mol. The summed E-state index contributed by atoms with van der Waals surface area (Å²) < 4.78 is 17.4. The van der Waals surface area contributed by atoms with Gasteiger partial charge in [0, 0.05) is 11.7 Å². The quantitative estimate of drug-likeness (QED) is 0.829. The Labute approximate surface area is 98.5 Å². The van der Waals surface area contributed by atoms with Crippen molar-refractivity contribution in [3.8, 4) is 0 Å². The average molecular weight is 246 g/mol. The minimum Gasteiger partial charge on any atom is -0.469 e. The smallest absolute Gasteiger partial charge is 0.307 e. The van der Waals surface area contributed by atoms with Gasteiger partial charge in [-0.1, -0.05) is 11.6 Å². The summed E-state index contributed by atoms with van der Waals surface area (Å²) in [6, 6.07) is 4.21. The number of ether oxygens (including phenoxy) is 1. The molecule has 16 heavy (non-hydrogen) atoms. The lowest BCUT2D eigenvalue weighted by molar-refractivity contribution is -0.140. The van der Waals surface area contributed by atoms with E-state index in [4.69, 9.17) is 11.6 Å². The van der Waals surface area contributed by atoms with Gasteiger partial charge in [-0.2, -0.15) is 0 Å². The summed E-state index contributed by atoms with van der Waals surface area (Å²) in [6.45, 7) is 1.83. The summed E-state index contributed by atoms with van der Waals surface area (Å²) in [5, 5.41) is 3.07. The molecular weight excluding hydrogens is 233 g/mol. The molecule has 1 atom stereocenters. The average Bonchev–Trinajstić information content (AvgIpc) is 2.23. The standard InChI is InChI=1S/C11H13ClFNO2/c1-7(5-11(15)16-2)14-8-3-4-10(13)9(12)6-8/h3-4,6-7,14H,5H2,1-2H3. The van der Waals surface area contributed by atoms with Crippen molar-refractivity contribution in [2.24, 2.45) is 0 Å². The molecule has 0 aliphatic heterocycles. The second kappa shape index (κ2) is 5.70. The Morgan fingerprint density at radius 2 is 2.31 bits per heavy atom. The Kier molecular flexibility index (Phi) is 4.55. The monoisotopic (exact) mass is 245 g/mol. The van der Waals surface area contributed by atoms with Crippen molar-refractivity contribution in [1.82, 2.24) is 0 Å². The molecule has 0 fully saturated rings. The third-order valence-corrected chi connectivity index (χ3v) is 2.32. The first-order chi connectivity index (χ1) is 7.52. The molecule has 1 aromatic rings. The SMILES string of the molecule is COC(=O)CC(C)Nc1ccc(F)c(Cl)c1. The molecular formula is C11H13ClFNO2. The summed E-state index contributed by atoms with van der Waals surface area (Å²) in [5.74, 6) is -0.763. The minimum absolute atomic E-state index is 0.0512. The summed E-state index contributed by atoms with van der Waals surface area (Å²) in [4.78, 5) is 11.0. The van der Waals surface area contributed by atoms with Crippen molar-refractivity contribution in [2.75, 3.05) is 12.4 Å². The van der Waals surface area contributed by atoms with E-state index in [1.54, 1.807) is 6.07 Å². The first-order valence-corrected chi connectivity index (χ1v) is 5.19. The van der Waals surface area contributed by atoms with E-state index >= 15 is 0 Å². The Bertz CT molecular complexity index is 384. The van der Waals surface area contributed by atoms with E-state index in [2.05, 4.69) is 10.1 Å². The van der Waals surface area contributed by atoms with E-state index in [9.17, 15) is 9.18 Å². The van der Waals surface area contributed by atoms with E-state index < -0.39 is 5.82 Å². The molecule has 0 aliphatic carbocycles. The van der Waals surface area contributed by atoms with Crippen LogP contribution in [0.25, 0.3) is 0 Å². The van der Waals surface area contributed by atoms with Crippen LogP contribution in [0, 0.1) is 5.82 Å². The zero-order valence-corrected chi connectivity index (χ0v) is 9.84. The Morgan fingerprint density at radius 3 is 2.88 bits per heavy atom. The summed E-state index contributed by atoms with van der Waals surface area (Å²) >= 11 is 5.62.